The van der Waals surface area contributed by atoms with Gasteiger partial charge >= 0.3 is 0 Å². The lowest BCUT2D eigenvalue weighted by Crippen LogP contribution is -2.26. The Hall–Kier alpha value is -2.28. The molecule has 2 rings (SSSR count). The molecule has 1 saturated carbocycles. The predicted octanol–water partition coefficient (Wildman–Crippen LogP) is 2.48. The van der Waals surface area contributed by atoms with Crippen LogP contribution in [0.15, 0.2) is 24.3 Å². The van der Waals surface area contributed by atoms with E-state index in [4.69, 9.17) is 0 Å². The van der Waals surface area contributed by atoms with Crippen LogP contribution >= 0.6 is 0 Å². The molecule has 0 heterocycles. The summed E-state index contributed by atoms with van der Waals surface area (Å²) >= 11 is 0. The molecule has 1 aliphatic rings. The van der Waals surface area contributed by atoms with Crippen molar-refractivity contribution >= 4 is 11.8 Å². The molecule has 0 spiro atoms. The van der Waals surface area contributed by atoms with Crippen LogP contribution in [0.1, 0.15) is 54.4 Å². The zero-order valence-electron chi connectivity index (χ0n) is 13.7. The third kappa shape index (κ3) is 5.45. The van der Waals surface area contributed by atoms with E-state index < -0.39 is 0 Å². The summed E-state index contributed by atoms with van der Waals surface area (Å²) in [6.45, 7) is 0.313. The Morgan fingerprint density at radius 2 is 1.91 bits per heavy atom. The van der Waals surface area contributed by atoms with Crippen LogP contribution in [-0.4, -0.2) is 25.4 Å². The molecule has 0 saturated heterocycles. The van der Waals surface area contributed by atoms with Gasteiger partial charge in [-0.1, -0.05) is 43.2 Å². The molecule has 0 bridgehead atoms. The van der Waals surface area contributed by atoms with Crippen molar-refractivity contribution in [2.24, 2.45) is 5.92 Å². The van der Waals surface area contributed by atoms with Crippen molar-refractivity contribution in [1.82, 2.24) is 10.6 Å². The third-order valence-corrected chi connectivity index (χ3v) is 4.19. The zero-order valence-corrected chi connectivity index (χ0v) is 13.7. The SMILES string of the molecule is CNC(=O)c1ccccc1C#CCNC(=O)CC1CCCCC1. The van der Waals surface area contributed by atoms with E-state index in [9.17, 15) is 9.59 Å². The van der Waals surface area contributed by atoms with Crippen LogP contribution in [0, 0.1) is 17.8 Å². The topological polar surface area (TPSA) is 58.2 Å². The van der Waals surface area contributed by atoms with Crippen molar-refractivity contribution in [2.75, 3.05) is 13.6 Å². The predicted molar refractivity (Wildman–Crippen MR) is 90.9 cm³/mol. The summed E-state index contributed by atoms with van der Waals surface area (Å²) in [6, 6.07) is 7.20. The largest absolute Gasteiger partial charge is 0.355 e. The van der Waals surface area contributed by atoms with E-state index in [-0.39, 0.29) is 11.8 Å². The van der Waals surface area contributed by atoms with Gasteiger partial charge in [-0.15, -0.1) is 0 Å². The summed E-state index contributed by atoms with van der Waals surface area (Å²) in [5.74, 6) is 6.34. The third-order valence-electron chi connectivity index (χ3n) is 4.19. The van der Waals surface area contributed by atoms with Crippen molar-refractivity contribution in [3.05, 3.63) is 35.4 Å². The van der Waals surface area contributed by atoms with E-state index in [0.717, 1.165) is 0 Å². The second-order valence-electron chi connectivity index (χ2n) is 5.91. The normalized spacial score (nSPS) is 14.5. The van der Waals surface area contributed by atoms with Crippen molar-refractivity contribution in [3.8, 4) is 11.8 Å². The Kier molecular flexibility index (Phi) is 6.68. The van der Waals surface area contributed by atoms with Gasteiger partial charge in [0.05, 0.1) is 12.1 Å². The van der Waals surface area contributed by atoms with Crippen LogP contribution in [-0.2, 0) is 4.79 Å². The second-order valence-corrected chi connectivity index (χ2v) is 5.91. The fourth-order valence-electron chi connectivity index (χ4n) is 2.93. The van der Waals surface area contributed by atoms with Crippen LogP contribution < -0.4 is 10.6 Å². The highest BCUT2D eigenvalue weighted by Gasteiger charge is 2.16. The number of hydrogen-bond donors (Lipinski definition) is 2. The van der Waals surface area contributed by atoms with E-state index in [1.165, 1.54) is 32.1 Å². The number of amides is 2. The lowest BCUT2D eigenvalue weighted by molar-refractivity contribution is -0.122. The molecule has 2 N–H and O–H groups in total. The van der Waals surface area contributed by atoms with Crippen LogP contribution in [0.4, 0.5) is 0 Å². The first-order valence-electron chi connectivity index (χ1n) is 8.27. The van der Waals surface area contributed by atoms with Gasteiger partial charge < -0.3 is 10.6 Å². The Bertz CT molecular complexity index is 607. The molecule has 0 atom stereocenters. The van der Waals surface area contributed by atoms with Gasteiger partial charge in [0.15, 0.2) is 0 Å². The molecular weight excluding hydrogens is 288 g/mol. The Morgan fingerprint density at radius 3 is 2.65 bits per heavy atom. The molecule has 4 heteroatoms. The monoisotopic (exact) mass is 312 g/mol. The van der Waals surface area contributed by atoms with Crippen LogP contribution in [0.3, 0.4) is 0 Å². The number of carbonyl (C=O) groups excluding carboxylic acids is 2. The van der Waals surface area contributed by atoms with Crippen LogP contribution in [0.25, 0.3) is 0 Å². The van der Waals surface area contributed by atoms with Gasteiger partial charge in [0.25, 0.3) is 5.91 Å². The highest BCUT2D eigenvalue weighted by atomic mass is 16.2. The van der Waals surface area contributed by atoms with Gasteiger partial charge in [0, 0.05) is 19.0 Å². The zero-order chi connectivity index (χ0) is 16.5. The molecule has 1 aromatic rings. The highest BCUT2D eigenvalue weighted by molar-refractivity contribution is 5.96. The van der Waals surface area contributed by atoms with Gasteiger partial charge in [-0.3, -0.25) is 9.59 Å². The molecule has 0 unspecified atom stereocenters. The minimum atomic E-state index is -0.156. The quantitative estimate of drug-likeness (QED) is 0.839. The molecule has 0 aromatic heterocycles. The van der Waals surface area contributed by atoms with E-state index >= 15 is 0 Å². The number of nitrogens with one attached hydrogen (secondary N) is 2. The molecule has 1 aliphatic carbocycles. The first kappa shape index (κ1) is 17.1. The lowest BCUT2D eigenvalue weighted by Gasteiger charge is -2.20. The standard InChI is InChI=1S/C19H24N2O2/c1-20-19(23)17-12-6-5-10-16(17)11-7-13-21-18(22)14-15-8-3-2-4-9-15/h5-6,10,12,15H,2-4,8-9,13-14H2,1H3,(H,20,23)(H,21,22). The first-order valence-corrected chi connectivity index (χ1v) is 8.27. The van der Waals surface area contributed by atoms with Crippen molar-refractivity contribution < 1.29 is 9.59 Å². The lowest BCUT2D eigenvalue weighted by atomic mass is 9.87. The minimum Gasteiger partial charge on any atom is -0.355 e. The fourth-order valence-corrected chi connectivity index (χ4v) is 2.93. The summed E-state index contributed by atoms with van der Waals surface area (Å²) in [5.41, 5.74) is 1.23. The van der Waals surface area contributed by atoms with E-state index in [1.807, 2.05) is 12.1 Å². The van der Waals surface area contributed by atoms with Gasteiger partial charge in [-0.25, -0.2) is 0 Å². The molecule has 1 aromatic carbocycles. The van der Waals surface area contributed by atoms with Crippen LogP contribution in [0.2, 0.25) is 0 Å². The molecule has 23 heavy (non-hydrogen) atoms. The van der Waals surface area contributed by atoms with Gasteiger partial charge in [-0.05, 0) is 30.9 Å². The van der Waals surface area contributed by atoms with Crippen molar-refractivity contribution in [1.29, 1.82) is 0 Å². The molecule has 2 amide bonds. The number of hydrogen-bond acceptors (Lipinski definition) is 2. The van der Waals surface area contributed by atoms with Crippen molar-refractivity contribution in [2.45, 2.75) is 38.5 Å². The van der Waals surface area contributed by atoms with Gasteiger partial charge in [0.2, 0.25) is 5.91 Å². The van der Waals surface area contributed by atoms with E-state index in [1.54, 1.807) is 19.2 Å². The van der Waals surface area contributed by atoms with E-state index in [0.29, 0.717) is 30.0 Å². The molecule has 0 radical (unpaired) electrons. The maximum Gasteiger partial charge on any atom is 0.252 e. The fraction of sp³-hybridized carbons (Fsp3) is 0.474. The average Bonchev–Trinajstić information content (AvgIpc) is 2.59. The number of rotatable bonds is 4. The molecule has 0 aliphatic heterocycles. The molecule has 4 nitrogen and oxygen atoms in total. The van der Waals surface area contributed by atoms with Crippen molar-refractivity contribution in [3.63, 3.8) is 0 Å². The second kappa shape index (κ2) is 8.99. The Morgan fingerprint density at radius 1 is 1.17 bits per heavy atom. The number of benzene rings is 1. The summed E-state index contributed by atoms with van der Waals surface area (Å²) in [4.78, 5) is 23.6. The van der Waals surface area contributed by atoms with Crippen LogP contribution in [0.5, 0.6) is 0 Å². The first-order chi connectivity index (χ1) is 11.2. The highest BCUT2D eigenvalue weighted by Crippen LogP contribution is 2.25. The maximum atomic E-state index is 11.9. The van der Waals surface area contributed by atoms with Gasteiger partial charge in [0.1, 0.15) is 0 Å². The molecule has 122 valence electrons. The maximum absolute atomic E-state index is 11.9. The smallest absolute Gasteiger partial charge is 0.252 e. The molecule has 1 fully saturated rings. The number of carbonyl (C=O) groups is 2. The minimum absolute atomic E-state index is 0.0748. The average molecular weight is 312 g/mol. The van der Waals surface area contributed by atoms with E-state index in [2.05, 4.69) is 22.5 Å². The Labute approximate surface area is 138 Å². The summed E-state index contributed by atoms with van der Waals surface area (Å²) in [5, 5.41) is 5.45. The summed E-state index contributed by atoms with van der Waals surface area (Å²) in [7, 11) is 1.60. The summed E-state index contributed by atoms with van der Waals surface area (Å²) in [6.07, 6.45) is 6.73. The Balaban J connectivity index is 1.83. The summed E-state index contributed by atoms with van der Waals surface area (Å²) < 4.78 is 0. The van der Waals surface area contributed by atoms with Gasteiger partial charge in [-0.2, -0.15) is 0 Å². The molecular formula is C19H24N2O2.